The summed E-state index contributed by atoms with van der Waals surface area (Å²) >= 11 is 5.94. The molecule has 104 valence electrons. The van der Waals surface area contributed by atoms with E-state index >= 15 is 0 Å². The number of hydrogen-bond donors (Lipinski definition) is 2. The van der Waals surface area contributed by atoms with Crippen molar-refractivity contribution in [3.8, 4) is 0 Å². The number of aromatic nitrogens is 1. The van der Waals surface area contributed by atoms with Crippen molar-refractivity contribution in [2.24, 2.45) is 0 Å². The zero-order chi connectivity index (χ0) is 13.9. The zero-order valence-electron chi connectivity index (χ0n) is 11.0. The smallest absolute Gasteiger partial charge is 0.270 e. The number of benzene rings is 1. The van der Waals surface area contributed by atoms with Gasteiger partial charge in [0.25, 0.3) is 5.91 Å². The predicted molar refractivity (Wildman–Crippen MR) is 80.1 cm³/mol. The Morgan fingerprint density at radius 2 is 2.05 bits per heavy atom. The Morgan fingerprint density at radius 3 is 2.85 bits per heavy atom. The first-order chi connectivity index (χ1) is 9.72. The Hall–Kier alpha value is -1.65. The van der Waals surface area contributed by atoms with Crippen LogP contribution in [0.5, 0.6) is 0 Å². The van der Waals surface area contributed by atoms with Crippen LogP contribution in [0.4, 0.5) is 0 Å². The number of nitrogens with zero attached hydrogens (tertiary/aromatic N) is 1. The topological polar surface area (TPSA) is 54.0 Å². The third-order valence-corrected chi connectivity index (χ3v) is 3.79. The fraction of sp³-hybridized carbons (Fsp3) is 0.333. The predicted octanol–water partition coefficient (Wildman–Crippen LogP) is 2.37. The summed E-state index contributed by atoms with van der Waals surface area (Å²) in [6.45, 7) is 1.91. The number of fused-ring (bicyclic) bond motifs is 1. The average molecular weight is 290 g/mol. The molecule has 1 saturated heterocycles. The molecule has 1 aliphatic rings. The largest absolute Gasteiger partial charge is 0.348 e. The van der Waals surface area contributed by atoms with Crippen molar-refractivity contribution in [1.82, 2.24) is 15.6 Å². The SMILES string of the molecule is O=C(NC1CCNCC1)c1ccc2cc(Cl)ccc2n1. The van der Waals surface area contributed by atoms with E-state index in [0.29, 0.717) is 10.7 Å². The molecule has 1 aromatic carbocycles. The normalized spacial score (nSPS) is 16.2. The van der Waals surface area contributed by atoms with Crippen molar-refractivity contribution in [3.63, 3.8) is 0 Å². The molecule has 2 N–H and O–H groups in total. The monoisotopic (exact) mass is 289 g/mol. The molecule has 1 aliphatic heterocycles. The van der Waals surface area contributed by atoms with E-state index in [4.69, 9.17) is 11.6 Å². The number of hydrogen-bond acceptors (Lipinski definition) is 3. The molecule has 0 radical (unpaired) electrons. The number of carbonyl (C=O) groups is 1. The van der Waals surface area contributed by atoms with E-state index in [9.17, 15) is 4.79 Å². The van der Waals surface area contributed by atoms with Crippen molar-refractivity contribution in [2.75, 3.05) is 13.1 Å². The summed E-state index contributed by atoms with van der Waals surface area (Å²) in [5, 5.41) is 7.93. The molecule has 1 amide bonds. The molecular formula is C15H16ClN3O. The quantitative estimate of drug-likeness (QED) is 0.892. The molecule has 3 rings (SSSR count). The fourth-order valence-electron chi connectivity index (χ4n) is 2.45. The van der Waals surface area contributed by atoms with Crippen molar-refractivity contribution in [1.29, 1.82) is 0 Å². The molecule has 0 aliphatic carbocycles. The van der Waals surface area contributed by atoms with E-state index in [1.54, 1.807) is 12.1 Å². The van der Waals surface area contributed by atoms with Gasteiger partial charge in [0.15, 0.2) is 0 Å². The van der Waals surface area contributed by atoms with Crippen LogP contribution in [0, 0.1) is 0 Å². The van der Waals surface area contributed by atoms with Crippen LogP contribution in [0.1, 0.15) is 23.3 Å². The molecule has 0 unspecified atom stereocenters. The molecule has 1 fully saturated rings. The van der Waals surface area contributed by atoms with Gasteiger partial charge in [-0.1, -0.05) is 17.7 Å². The first-order valence-corrected chi connectivity index (χ1v) is 7.18. The second-order valence-electron chi connectivity index (χ2n) is 5.03. The average Bonchev–Trinajstić information content (AvgIpc) is 2.47. The van der Waals surface area contributed by atoms with Gasteiger partial charge in [0.1, 0.15) is 5.69 Å². The summed E-state index contributed by atoms with van der Waals surface area (Å²) in [6.07, 6.45) is 1.93. The van der Waals surface area contributed by atoms with Crippen LogP contribution in [-0.4, -0.2) is 30.0 Å². The summed E-state index contributed by atoms with van der Waals surface area (Å²) in [4.78, 5) is 16.6. The van der Waals surface area contributed by atoms with Crippen molar-refractivity contribution in [2.45, 2.75) is 18.9 Å². The Balaban J connectivity index is 1.78. The highest BCUT2D eigenvalue weighted by atomic mass is 35.5. The maximum atomic E-state index is 12.2. The third-order valence-electron chi connectivity index (χ3n) is 3.56. The lowest BCUT2D eigenvalue weighted by Crippen LogP contribution is -2.42. The molecule has 0 atom stereocenters. The van der Waals surface area contributed by atoms with Crippen LogP contribution in [-0.2, 0) is 0 Å². The highest BCUT2D eigenvalue weighted by Crippen LogP contribution is 2.18. The van der Waals surface area contributed by atoms with Crippen LogP contribution < -0.4 is 10.6 Å². The molecule has 2 heterocycles. The summed E-state index contributed by atoms with van der Waals surface area (Å²) in [6, 6.07) is 9.33. The molecule has 1 aromatic heterocycles. The molecule has 20 heavy (non-hydrogen) atoms. The summed E-state index contributed by atoms with van der Waals surface area (Å²) in [5.41, 5.74) is 1.24. The lowest BCUT2D eigenvalue weighted by molar-refractivity contribution is 0.0925. The van der Waals surface area contributed by atoms with Gasteiger partial charge in [-0.25, -0.2) is 4.98 Å². The number of nitrogens with one attached hydrogen (secondary N) is 2. The molecule has 2 aromatic rings. The van der Waals surface area contributed by atoms with Crippen molar-refractivity contribution >= 4 is 28.4 Å². The molecule has 5 heteroatoms. The van der Waals surface area contributed by atoms with Gasteiger partial charge in [-0.05, 0) is 50.2 Å². The van der Waals surface area contributed by atoms with Gasteiger partial charge in [0, 0.05) is 16.5 Å². The summed E-state index contributed by atoms with van der Waals surface area (Å²) in [5.74, 6) is -0.103. The minimum atomic E-state index is -0.103. The minimum Gasteiger partial charge on any atom is -0.348 e. The Bertz CT molecular complexity index is 638. The van der Waals surface area contributed by atoms with Crippen LogP contribution in [0.25, 0.3) is 10.9 Å². The number of halogens is 1. The molecule has 0 spiro atoms. The van der Waals surface area contributed by atoms with E-state index in [-0.39, 0.29) is 11.9 Å². The van der Waals surface area contributed by atoms with Crippen LogP contribution >= 0.6 is 11.6 Å². The lowest BCUT2D eigenvalue weighted by Gasteiger charge is -2.23. The van der Waals surface area contributed by atoms with Gasteiger partial charge < -0.3 is 10.6 Å². The molecule has 0 bridgehead atoms. The Labute approximate surface area is 122 Å². The third kappa shape index (κ3) is 2.92. The van der Waals surface area contributed by atoms with Gasteiger partial charge in [-0.2, -0.15) is 0 Å². The van der Waals surface area contributed by atoms with Crippen LogP contribution in [0.2, 0.25) is 5.02 Å². The second kappa shape index (κ2) is 5.77. The Kier molecular flexibility index (Phi) is 3.85. The highest BCUT2D eigenvalue weighted by Gasteiger charge is 2.17. The van der Waals surface area contributed by atoms with Crippen LogP contribution in [0.3, 0.4) is 0 Å². The first kappa shape index (κ1) is 13.3. The maximum Gasteiger partial charge on any atom is 0.270 e. The minimum absolute atomic E-state index is 0.103. The van der Waals surface area contributed by atoms with Crippen molar-refractivity contribution < 1.29 is 4.79 Å². The Morgan fingerprint density at radius 1 is 1.25 bits per heavy atom. The number of rotatable bonds is 2. The number of pyridine rings is 1. The standard InChI is InChI=1S/C15H16ClN3O/c16-11-2-4-13-10(9-11)1-3-14(19-13)15(20)18-12-5-7-17-8-6-12/h1-4,9,12,17H,5-8H2,(H,18,20). The maximum absolute atomic E-state index is 12.2. The zero-order valence-corrected chi connectivity index (χ0v) is 11.8. The second-order valence-corrected chi connectivity index (χ2v) is 5.47. The number of piperidine rings is 1. The summed E-state index contributed by atoms with van der Waals surface area (Å²) in [7, 11) is 0. The molecule has 4 nitrogen and oxygen atoms in total. The van der Waals surface area contributed by atoms with E-state index in [0.717, 1.165) is 36.8 Å². The van der Waals surface area contributed by atoms with Gasteiger partial charge in [0.2, 0.25) is 0 Å². The molecular weight excluding hydrogens is 274 g/mol. The van der Waals surface area contributed by atoms with Crippen LogP contribution in [0.15, 0.2) is 30.3 Å². The van der Waals surface area contributed by atoms with E-state index < -0.39 is 0 Å². The van der Waals surface area contributed by atoms with Crippen molar-refractivity contribution in [3.05, 3.63) is 41.0 Å². The van der Waals surface area contributed by atoms with Gasteiger partial charge in [-0.15, -0.1) is 0 Å². The van der Waals surface area contributed by atoms with Gasteiger partial charge >= 0.3 is 0 Å². The van der Waals surface area contributed by atoms with Gasteiger partial charge in [0.05, 0.1) is 5.52 Å². The molecule has 0 saturated carbocycles. The fourth-order valence-corrected chi connectivity index (χ4v) is 2.63. The number of carbonyl (C=O) groups excluding carboxylic acids is 1. The lowest BCUT2D eigenvalue weighted by atomic mass is 10.1. The van der Waals surface area contributed by atoms with Gasteiger partial charge in [-0.3, -0.25) is 4.79 Å². The highest BCUT2D eigenvalue weighted by molar-refractivity contribution is 6.31. The first-order valence-electron chi connectivity index (χ1n) is 6.80. The van der Waals surface area contributed by atoms with E-state index in [1.807, 2.05) is 18.2 Å². The van der Waals surface area contributed by atoms with E-state index in [1.165, 1.54) is 0 Å². The summed E-state index contributed by atoms with van der Waals surface area (Å²) < 4.78 is 0. The number of amides is 1. The van der Waals surface area contributed by atoms with E-state index in [2.05, 4.69) is 15.6 Å².